The molecule has 6 heteroatoms. The van der Waals surface area contributed by atoms with Gasteiger partial charge in [0.05, 0.1) is 13.2 Å². The van der Waals surface area contributed by atoms with Gasteiger partial charge in [-0.3, -0.25) is 4.79 Å². The summed E-state index contributed by atoms with van der Waals surface area (Å²) in [5.74, 6) is 0.674. The van der Waals surface area contributed by atoms with Gasteiger partial charge in [-0.25, -0.2) is 4.79 Å². The van der Waals surface area contributed by atoms with E-state index in [4.69, 9.17) is 4.74 Å². The summed E-state index contributed by atoms with van der Waals surface area (Å²) in [6.45, 7) is 2.37. The Balaban J connectivity index is 1.62. The molecule has 0 unspecified atom stereocenters. The molecule has 25 heavy (non-hydrogen) atoms. The van der Waals surface area contributed by atoms with Gasteiger partial charge in [0, 0.05) is 30.4 Å². The lowest BCUT2D eigenvalue weighted by Crippen LogP contribution is -2.39. The molecule has 0 aliphatic carbocycles. The van der Waals surface area contributed by atoms with E-state index in [1.807, 2.05) is 55.5 Å². The van der Waals surface area contributed by atoms with Crippen LogP contribution in [0.4, 0.5) is 16.2 Å². The average molecular weight is 339 g/mol. The average Bonchev–Trinajstić information content (AvgIpc) is 2.97. The van der Waals surface area contributed by atoms with E-state index >= 15 is 0 Å². The van der Waals surface area contributed by atoms with Gasteiger partial charge in [-0.05, 0) is 30.7 Å². The van der Waals surface area contributed by atoms with Crippen molar-refractivity contribution >= 4 is 23.3 Å². The lowest BCUT2D eigenvalue weighted by Gasteiger charge is -2.18. The molecule has 3 amide bonds. The molecular weight excluding hydrogens is 318 g/mol. The number of hydrogen-bond acceptors (Lipinski definition) is 3. The number of urea groups is 1. The largest absolute Gasteiger partial charge is 0.497 e. The Morgan fingerprint density at radius 1 is 1.20 bits per heavy atom. The van der Waals surface area contributed by atoms with Crippen LogP contribution in [0.3, 0.4) is 0 Å². The molecule has 1 aliphatic heterocycles. The van der Waals surface area contributed by atoms with E-state index in [-0.39, 0.29) is 24.4 Å². The predicted octanol–water partition coefficient (Wildman–Crippen LogP) is 2.93. The minimum atomic E-state index is -0.306. The fourth-order valence-corrected chi connectivity index (χ4v) is 2.89. The molecule has 0 radical (unpaired) electrons. The third-order valence-electron chi connectivity index (χ3n) is 4.22. The van der Waals surface area contributed by atoms with Crippen molar-refractivity contribution in [1.82, 2.24) is 5.32 Å². The van der Waals surface area contributed by atoms with Crippen molar-refractivity contribution in [2.45, 2.75) is 19.4 Å². The highest BCUT2D eigenvalue weighted by molar-refractivity contribution is 5.98. The van der Waals surface area contributed by atoms with Gasteiger partial charge in [0.25, 0.3) is 0 Å². The normalized spacial score (nSPS) is 16.6. The standard InChI is InChI=1S/C19H21N3O3/c1-13-6-3-4-9-17(13)21-19(24)20-14-10-18(23)22(12-14)15-7-5-8-16(11-15)25-2/h3-9,11,14H,10,12H2,1-2H3,(H2,20,21,24)/t14-/m0/s1. The van der Waals surface area contributed by atoms with Gasteiger partial charge in [-0.2, -0.15) is 0 Å². The highest BCUT2D eigenvalue weighted by atomic mass is 16.5. The number of carbonyl (C=O) groups is 2. The maximum atomic E-state index is 12.3. The summed E-state index contributed by atoms with van der Waals surface area (Å²) in [5, 5.41) is 5.69. The SMILES string of the molecule is COc1cccc(N2C[C@@H](NC(=O)Nc3ccccc3C)CC2=O)c1. The first-order valence-corrected chi connectivity index (χ1v) is 8.14. The summed E-state index contributed by atoms with van der Waals surface area (Å²) in [6.07, 6.45) is 0.276. The molecule has 130 valence electrons. The van der Waals surface area contributed by atoms with Crippen LogP contribution in [0.1, 0.15) is 12.0 Å². The number of carbonyl (C=O) groups excluding carboxylic acids is 2. The smallest absolute Gasteiger partial charge is 0.319 e. The van der Waals surface area contributed by atoms with E-state index in [9.17, 15) is 9.59 Å². The third kappa shape index (κ3) is 3.91. The second-order valence-electron chi connectivity index (χ2n) is 6.02. The second-order valence-corrected chi connectivity index (χ2v) is 6.02. The monoisotopic (exact) mass is 339 g/mol. The zero-order valence-corrected chi connectivity index (χ0v) is 14.3. The zero-order valence-electron chi connectivity index (χ0n) is 14.3. The number of nitrogens with one attached hydrogen (secondary N) is 2. The van der Waals surface area contributed by atoms with Gasteiger partial charge >= 0.3 is 6.03 Å². The van der Waals surface area contributed by atoms with Crippen LogP contribution in [0.15, 0.2) is 48.5 Å². The summed E-state index contributed by atoms with van der Waals surface area (Å²) in [5.41, 5.74) is 2.51. The topological polar surface area (TPSA) is 70.7 Å². The van der Waals surface area contributed by atoms with Gasteiger partial charge in [-0.15, -0.1) is 0 Å². The number of rotatable bonds is 4. The number of ether oxygens (including phenoxy) is 1. The molecular formula is C19H21N3O3. The number of benzene rings is 2. The zero-order chi connectivity index (χ0) is 17.8. The lowest BCUT2D eigenvalue weighted by atomic mass is 10.2. The molecule has 1 aliphatic rings. The van der Waals surface area contributed by atoms with Crippen molar-refractivity contribution in [1.29, 1.82) is 0 Å². The van der Waals surface area contributed by atoms with Crippen LogP contribution in [0.25, 0.3) is 0 Å². The summed E-state index contributed by atoms with van der Waals surface area (Å²) in [6, 6.07) is 14.4. The lowest BCUT2D eigenvalue weighted by molar-refractivity contribution is -0.117. The molecule has 6 nitrogen and oxygen atoms in total. The Kier molecular flexibility index (Phi) is 4.88. The van der Waals surface area contributed by atoms with Crippen LogP contribution < -0.4 is 20.3 Å². The maximum Gasteiger partial charge on any atom is 0.319 e. The van der Waals surface area contributed by atoms with E-state index in [1.165, 1.54) is 0 Å². The molecule has 1 fully saturated rings. The molecule has 1 atom stereocenters. The van der Waals surface area contributed by atoms with Crippen molar-refractivity contribution in [2.24, 2.45) is 0 Å². The van der Waals surface area contributed by atoms with Gasteiger partial charge < -0.3 is 20.3 Å². The van der Waals surface area contributed by atoms with Crippen molar-refractivity contribution in [3.05, 3.63) is 54.1 Å². The molecule has 0 saturated carbocycles. The fourth-order valence-electron chi connectivity index (χ4n) is 2.89. The number of anilines is 2. The van der Waals surface area contributed by atoms with Gasteiger partial charge in [0.1, 0.15) is 5.75 Å². The molecule has 1 heterocycles. The Hall–Kier alpha value is -3.02. The number of methoxy groups -OCH3 is 1. The first kappa shape index (κ1) is 16.8. The first-order chi connectivity index (χ1) is 12.1. The van der Waals surface area contributed by atoms with Crippen LogP contribution in [0.2, 0.25) is 0 Å². The van der Waals surface area contributed by atoms with Crippen LogP contribution in [0.5, 0.6) is 5.75 Å². The molecule has 2 aromatic carbocycles. The van der Waals surface area contributed by atoms with Gasteiger partial charge in [0.2, 0.25) is 5.91 Å². The Labute approximate surface area is 146 Å². The third-order valence-corrected chi connectivity index (χ3v) is 4.22. The van der Waals surface area contributed by atoms with Crippen LogP contribution >= 0.6 is 0 Å². The predicted molar refractivity (Wildman–Crippen MR) is 97.1 cm³/mol. The first-order valence-electron chi connectivity index (χ1n) is 8.14. The van der Waals surface area contributed by atoms with E-state index in [0.29, 0.717) is 12.3 Å². The Bertz CT molecular complexity index is 791. The van der Waals surface area contributed by atoms with Crippen molar-refractivity contribution in [3.8, 4) is 5.75 Å². The number of aryl methyl sites for hydroxylation is 1. The maximum absolute atomic E-state index is 12.3. The van der Waals surface area contributed by atoms with Crippen LogP contribution in [-0.4, -0.2) is 31.6 Å². The van der Waals surface area contributed by atoms with E-state index in [0.717, 1.165) is 16.9 Å². The minimum absolute atomic E-state index is 0.0190. The van der Waals surface area contributed by atoms with Crippen molar-refractivity contribution in [2.75, 3.05) is 23.9 Å². The van der Waals surface area contributed by atoms with Crippen LogP contribution in [-0.2, 0) is 4.79 Å². The number of para-hydroxylation sites is 1. The second kappa shape index (κ2) is 7.25. The van der Waals surface area contributed by atoms with E-state index in [1.54, 1.807) is 12.0 Å². The number of nitrogens with zero attached hydrogens (tertiary/aromatic N) is 1. The molecule has 0 bridgehead atoms. The number of amides is 3. The van der Waals surface area contributed by atoms with Crippen molar-refractivity contribution in [3.63, 3.8) is 0 Å². The fraction of sp³-hybridized carbons (Fsp3) is 0.263. The van der Waals surface area contributed by atoms with Gasteiger partial charge in [-0.1, -0.05) is 24.3 Å². The highest BCUT2D eigenvalue weighted by Crippen LogP contribution is 2.25. The highest BCUT2D eigenvalue weighted by Gasteiger charge is 2.31. The van der Waals surface area contributed by atoms with Crippen molar-refractivity contribution < 1.29 is 14.3 Å². The minimum Gasteiger partial charge on any atom is -0.497 e. The van der Waals surface area contributed by atoms with Crippen LogP contribution in [0, 0.1) is 6.92 Å². The molecule has 0 spiro atoms. The number of hydrogen-bond donors (Lipinski definition) is 2. The molecule has 0 aromatic heterocycles. The molecule has 3 rings (SSSR count). The Morgan fingerprint density at radius 2 is 2.00 bits per heavy atom. The summed E-state index contributed by atoms with van der Waals surface area (Å²) in [7, 11) is 1.59. The molecule has 2 N–H and O–H groups in total. The molecule has 2 aromatic rings. The molecule has 1 saturated heterocycles. The summed E-state index contributed by atoms with van der Waals surface area (Å²) in [4.78, 5) is 26.2. The quantitative estimate of drug-likeness (QED) is 0.900. The van der Waals surface area contributed by atoms with E-state index < -0.39 is 0 Å². The summed E-state index contributed by atoms with van der Waals surface area (Å²) >= 11 is 0. The van der Waals surface area contributed by atoms with E-state index in [2.05, 4.69) is 10.6 Å². The van der Waals surface area contributed by atoms with Gasteiger partial charge in [0.15, 0.2) is 0 Å². The Morgan fingerprint density at radius 3 is 2.76 bits per heavy atom. The summed E-state index contributed by atoms with van der Waals surface area (Å²) < 4.78 is 5.20.